The minimum Gasteiger partial charge on any atom is -0.458 e. The number of hydrogen-bond donors (Lipinski definition) is 6. The van der Waals surface area contributed by atoms with E-state index < -0.39 is 113 Å². The van der Waals surface area contributed by atoms with E-state index in [-0.39, 0.29) is 29.6 Å². The van der Waals surface area contributed by atoms with Gasteiger partial charge in [0.15, 0.2) is 6.10 Å². The number of aliphatic hydroxyl groups is 5. The zero-order valence-electron chi connectivity index (χ0n) is 34.3. The Bertz CT molecular complexity index is 1930. The summed E-state index contributed by atoms with van der Waals surface area (Å²) in [5.74, 6) is -4.45. The Morgan fingerprint density at radius 3 is 2.07 bits per heavy atom. The molecule has 1 amide bonds. The van der Waals surface area contributed by atoms with Gasteiger partial charge in [-0.25, -0.2) is 14.4 Å². The van der Waals surface area contributed by atoms with Gasteiger partial charge in [-0.05, 0) is 75.8 Å². The predicted molar refractivity (Wildman–Crippen MR) is 208 cm³/mol. The van der Waals surface area contributed by atoms with Crippen molar-refractivity contribution < 1.29 is 63.7 Å². The Morgan fingerprint density at radius 2 is 1.52 bits per heavy atom. The monoisotopic (exact) mass is 807 g/mol. The zero-order valence-corrected chi connectivity index (χ0v) is 34.3. The van der Waals surface area contributed by atoms with E-state index in [1.54, 1.807) is 97.0 Å². The lowest BCUT2D eigenvalue weighted by Crippen LogP contribution is -2.79. The van der Waals surface area contributed by atoms with Gasteiger partial charge in [-0.2, -0.15) is 0 Å². The van der Waals surface area contributed by atoms with Gasteiger partial charge in [-0.3, -0.25) is 4.79 Å². The number of benzene rings is 2. The summed E-state index contributed by atoms with van der Waals surface area (Å²) in [6.07, 6.45) is -10.4. The lowest BCUT2D eigenvalue weighted by Gasteiger charge is -2.69. The molecule has 3 fully saturated rings. The molecule has 316 valence electrons. The van der Waals surface area contributed by atoms with Gasteiger partial charge in [-0.15, -0.1) is 0 Å². The van der Waals surface area contributed by atoms with Crippen LogP contribution in [0.25, 0.3) is 0 Å². The maximum Gasteiger partial charge on any atom is 0.408 e. The molecular formula is C44H57NO13. The van der Waals surface area contributed by atoms with Crippen molar-refractivity contribution in [2.75, 3.05) is 0 Å². The first-order valence-corrected chi connectivity index (χ1v) is 19.9. The summed E-state index contributed by atoms with van der Waals surface area (Å²) in [6, 6.07) is 14.9. The second kappa shape index (κ2) is 15.4. The number of ether oxygens (including phenoxy) is 4. The largest absolute Gasteiger partial charge is 0.458 e. The number of fused-ring (bicyclic) bond motifs is 5. The van der Waals surface area contributed by atoms with E-state index in [9.17, 15) is 44.7 Å². The Hall–Kier alpha value is -4.34. The summed E-state index contributed by atoms with van der Waals surface area (Å²) in [5, 5.41) is 64.4. The van der Waals surface area contributed by atoms with E-state index in [1.165, 1.54) is 19.1 Å². The molecule has 14 heteroatoms. The van der Waals surface area contributed by atoms with Crippen LogP contribution in [-0.4, -0.2) is 103 Å². The third kappa shape index (κ3) is 7.20. The van der Waals surface area contributed by atoms with Gasteiger partial charge in [0.2, 0.25) is 0 Å². The second-order valence-corrected chi connectivity index (χ2v) is 18.2. The summed E-state index contributed by atoms with van der Waals surface area (Å²) >= 11 is 0. The van der Waals surface area contributed by atoms with Gasteiger partial charge in [0.05, 0.1) is 23.8 Å². The molecule has 6 rings (SSSR count). The van der Waals surface area contributed by atoms with Crippen molar-refractivity contribution >= 4 is 24.0 Å². The quantitative estimate of drug-likeness (QED) is 0.126. The highest BCUT2D eigenvalue weighted by Gasteiger charge is 2.76. The van der Waals surface area contributed by atoms with E-state index in [2.05, 4.69) is 5.32 Å². The standard InChI is InChI=1S/C44H57NO13/c1-23-28(55-38(52)33(49)31(25-15-11-9-12-16-25)45-39(53)58-40(3,4)5)22-44(54)36(56-37(51)26-17-13-10-14-18-26)34-42(8,35(50)32(48)30(23)41(44,6)7)29(47)21-27-19-20-43(27,34)57-24(2)46/h9-18,27-29,31-36,47-50,54H,19-22H2,1-8H3,(H,45,53)/t27-,28+,29+,31+,32-,33-,34?,35+,36+,42-,43+,44-/m1/s1. The van der Waals surface area contributed by atoms with E-state index in [4.69, 9.17) is 18.9 Å². The second-order valence-electron chi connectivity index (χ2n) is 18.2. The highest BCUT2D eigenvalue weighted by molar-refractivity contribution is 5.89. The molecule has 0 saturated heterocycles. The molecule has 2 bridgehead atoms. The third-order valence-corrected chi connectivity index (χ3v) is 13.4. The average molecular weight is 808 g/mol. The Kier molecular flexibility index (Phi) is 11.5. The van der Waals surface area contributed by atoms with Gasteiger partial charge >= 0.3 is 24.0 Å². The fourth-order valence-corrected chi connectivity index (χ4v) is 10.3. The summed E-state index contributed by atoms with van der Waals surface area (Å²) in [7, 11) is 0. The average Bonchev–Trinajstić information content (AvgIpc) is 3.14. The van der Waals surface area contributed by atoms with Crippen LogP contribution in [-0.2, 0) is 28.5 Å². The number of nitrogens with one attached hydrogen (secondary N) is 1. The molecule has 0 radical (unpaired) electrons. The maximum atomic E-state index is 14.2. The van der Waals surface area contributed by atoms with Gasteiger partial charge < -0.3 is 49.8 Å². The van der Waals surface area contributed by atoms with Crippen molar-refractivity contribution in [2.45, 2.75) is 141 Å². The molecule has 2 aromatic rings. The molecule has 14 nitrogen and oxygen atoms in total. The van der Waals surface area contributed by atoms with Crippen molar-refractivity contribution in [3.05, 3.63) is 82.9 Å². The van der Waals surface area contributed by atoms with Crippen molar-refractivity contribution in [3.8, 4) is 0 Å². The summed E-state index contributed by atoms with van der Waals surface area (Å²) < 4.78 is 24.0. The van der Waals surface area contributed by atoms with Crippen LogP contribution in [0.1, 0.15) is 103 Å². The van der Waals surface area contributed by atoms with E-state index >= 15 is 0 Å². The molecule has 2 aromatic carbocycles. The van der Waals surface area contributed by atoms with E-state index in [1.807, 2.05) is 0 Å². The third-order valence-electron chi connectivity index (χ3n) is 13.4. The number of carbonyl (C=O) groups is 4. The van der Waals surface area contributed by atoms with Crippen LogP contribution in [0.3, 0.4) is 0 Å². The zero-order chi connectivity index (χ0) is 42.7. The lowest BCUT2D eigenvalue weighted by atomic mass is 9.40. The van der Waals surface area contributed by atoms with Gasteiger partial charge in [0.25, 0.3) is 0 Å². The van der Waals surface area contributed by atoms with Gasteiger partial charge in [0, 0.05) is 36.0 Å². The Balaban J connectivity index is 1.48. The molecule has 4 aliphatic rings. The van der Waals surface area contributed by atoms with Crippen molar-refractivity contribution in [1.82, 2.24) is 5.32 Å². The molecule has 58 heavy (non-hydrogen) atoms. The van der Waals surface area contributed by atoms with Crippen LogP contribution < -0.4 is 5.32 Å². The number of esters is 3. The molecule has 3 saturated carbocycles. The van der Waals surface area contributed by atoms with E-state index in [0.29, 0.717) is 12.0 Å². The smallest absolute Gasteiger partial charge is 0.408 e. The number of hydrogen-bond acceptors (Lipinski definition) is 13. The molecule has 1 unspecified atom stereocenters. The summed E-state index contributed by atoms with van der Waals surface area (Å²) in [6.45, 7) is 12.6. The number of carbonyl (C=O) groups excluding carboxylic acids is 4. The van der Waals surface area contributed by atoms with Crippen molar-refractivity contribution in [2.24, 2.45) is 22.7 Å². The van der Waals surface area contributed by atoms with Crippen LogP contribution in [0.2, 0.25) is 0 Å². The van der Waals surface area contributed by atoms with Crippen molar-refractivity contribution in [3.63, 3.8) is 0 Å². The first-order chi connectivity index (χ1) is 27.0. The number of amides is 1. The molecule has 12 atom stereocenters. The fourth-order valence-electron chi connectivity index (χ4n) is 10.3. The topological polar surface area (TPSA) is 218 Å². The molecule has 0 aliphatic heterocycles. The minimum absolute atomic E-state index is 0.0671. The first kappa shape index (κ1) is 43.2. The fraction of sp³-hybridized carbons (Fsp3) is 0.591. The summed E-state index contributed by atoms with van der Waals surface area (Å²) in [5.41, 5.74) is -7.07. The number of alkyl carbamates (subject to hydrolysis) is 1. The van der Waals surface area contributed by atoms with Crippen LogP contribution in [0, 0.1) is 22.7 Å². The highest BCUT2D eigenvalue weighted by Crippen LogP contribution is 2.68. The first-order valence-electron chi connectivity index (χ1n) is 19.9. The van der Waals surface area contributed by atoms with Crippen LogP contribution in [0.15, 0.2) is 71.8 Å². The minimum atomic E-state index is -2.26. The molecule has 0 heterocycles. The summed E-state index contributed by atoms with van der Waals surface area (Å²) in [4.78, 5) is 54.1. The highest BCUT2D eigenvalue weighted by atomic mass is 16.6. The maximum absolute atomic E-state index is 14.2. The van der Waals surface area contributed by atoms with Crippen LogP contribution in [0.4, 0.5) is 4.79 Å². The molecule has 4 aliphatic carbocycles. The molecule has 0 spiro atoms. The molecule has 6 N–H and O–H groups in total. The SMILES string of the molecule is CC(=O)O[C@@]12CC[C@@H]1C[C@H](O)[C@]1(C)C2[C@H](OC(=O)c2ccccc2)[C@]2(O)C[C@H](OC(=O)[C@H](O)[C@@H](NC(=O)OC(C)(C)C)c3ccccc3)C(C)=C([C@@H](O)[C@@H]1O)C2(C)C. The van der Waals surface area contributed by atoms with Crippen LogP contribution >= 0.6 is 0 Å². The lowest BCUT2D eigenvalue weighted by molar-refractivity contribution is -0.322. The normalized spacial score (nSPS) is 34.9. The Labute approximate surface area is 338 Å². The predicted octanol–water partition coefficient (Wildman–Crippen LogP) is 4.06. The number of rotatable bonds is 8. The van der Waals surface area contributed by atoms with Crippen LogP contribution in [0.5, 0.6) is 0 Å². The molecule has 0 aromatic heterocycles. The van der Waals surface area contributed by atoms with Gasteiger partial charge in [0.1, 0.15) is 35.1 Å². The van der Waals surface area contributed by atoms with E-state index in [0.717, 1.165) is 0 Å². The molecular weight excluding hydrogens is 750 g/mol. The Morgan fingerprint density at radius 1 is 0.914 bits per heavy atom. The van der Waals surface area contributed by atoms with Crippen molar-refractivity contribution in [1.29, 1.82) is 0 Å². The number of aliphatic hydroxyl groups excluding tert-OH is 4. The van der Waals surface area contributed by atoms with Gasteiger partial charge in [-0.1, -0.05) is 69.3 Å².